The number of methoxy groups -OCH3 is 1. The second-order valence-electron chi connectivity index (χ2n) is 5.25. The topological polar surface area (TPSA) is 29.5 Å². The van der Waals surface area contributed by atoms with Crippen molar-refractivity contribution in [2.75, 3.05) is 7.11 Å². The van der Waals surface area contributed by atoms with E-state index >= 15 is 0 Å². The lowest BCUT2D eigenvalue weighted by Crippen LogP contribution is -2.21. The van der Waals surface area contributed by atoms with Gasteiger partial charge in [0.25, 0.3) is 0 Å². The van der Waals surface area contributed by atoms with Gasteiger partial charge in [-0.25, -0.2) is 0 Å². The van der Waals surface area contributed by atoms with Gasteiger partial charge in [0.15, 0.2) is 0 Å². The molecule has 0 saturated heterocycles. The van der Waals surface area contributed by atoms with Crippen LogP contribution in [0.25, 0.3) is 0 Å². The Bertz CT molecular complexity index is 377. The van der Waals surface area contributed by atoms with Gasteiger partial charge in [-0.3, -0.25) is 0 Å². The van der Waals surface area contributed by atoms with Crippen molar-refractivity contribution in [3.63, 3.8) is 0 Å². The molecule has 1 rings (SSSR count). The molecule has 1 unspecified atom stereocenters. The minimum Gasteiger partial charge on any atom is -0.497 e. The fraction of sp³-hybridized carbons (Fsp3) is 0.529. The molecule has 0 aliphatic rings. The standard InChI is InChI=1S/C17H26O2/c1-4-17(2,18)14-8-6-5-7-9-15-10-12-16(19-3)13-11-15/h5-6,10-13,18H,4,7-9,14H2,1-3H3. The van der Waals surface area contributed by atoms with Crippen LogP contribution in [-0.4, -0.2) is 17.8 Å². The number of ether oxygens (including phenoxy) is 1. The predicted octanol–water partition coefficient (Wildman–Crippen LogP) is 4.13. The van der Waals surface area contributed by atoms with Crippen LogP contribution in [0.1, 0.15) is 45.1 Å². The van der Waals surface area contributed by atoms with E-state index < -0.39 is 5.60 Å². The quantitative estimate of drug-likeness (QED) is 0.714. The fourth-order valence-corrected chi connectivity index (χ4v) is 1.85. The lowest BCUT2D eigenvalue weighted by atomic mass is 9.97. The summed E-state index contributed by atoms with van der Waals surface area (Å²) >= 11 is 0. The number of rotatable bonds is 8. The van der Waals surface area contributed by atoms with E-state index in [9.17, 15) is 5.11 Å². The van der Waals surface area contributed by atoms with Crippen molar-refractivity contribution in [1.29, 1.82) is 0 Å². The van der Waals surface area contributed by atoms with Gasteiger partial charge in [-0.15, -0.1) is 0 Å². The van der Waals surface area contributed by atoms with Gasteiger partial charge in [0.1, 0.15) is 5.75 Å². The lowest BCUT2D eigenvalue weighted by molar-refractivity contribution is 0.0480. The molecule has 1 aromatic rings. The summed E-state index contributed by atoms with van der Waals surface area (Å²) in [5, 5.41) is 9.86. The van der Waals surface area contributed by atoms with Crippen molar-refractivity contribution in [3.05, 3.63) is 42.0 Å². The zero-order valence-corrected chi connectivity index (χ0v) is 12.4. The average Bonchev–Trinajstić information content (AvgIpc) is 2.43. The molecule has 0 aliphatic heterocycles. The highest BCUT2D eigenvalue weighted by Gasteiger charge is 2.15. The van der Waals surface area contributed by atoms with E-state index in [1.807, 2.05) is 26.0 Å². The summed E-state index contributed by atoms with van der Waals surface area (Å²) in [5.74, 6) is 0.904. The van der Waals surface area contributed by atoms with Crippen LogP contribution in [0.5, 0.6) is 5.75 Å². The minimum atomic E-state index is -0.514. The first-order valence-corrected chi connectivity index (χ1v) is 7.07. The Morgan fingerprint density at radius 2 is 1.79 bits per heavy atom. The van der Waals surface area contributed by atoms with Crippen molar-refractivity contribution in [1.82, 2.24) is 0 Å². The van der Waals surface area contributed by atoms with Gasteiger partial charge in [0.05, 0.1) is 12.7 Å². The molecule has 2 nitrogen and oxygen atoms in total. The first kappa shape index (κ1) is 15.8. The molecule has 2 heteroatoms. The van der Waals surface area contributed by atoms with Gasteiger partial charge in [0.2, 0.25) is 0 Å². The zero-order valence-electron chi connectivity index (χ0n) is 12.4. The van der Waals surface area contributed by atoms with E-state index in [0.717, 1.165) is 37.9 Å². The van der Waals surface area contributed by atoms with Crippen LogP contribution < -0.4 is 4.74 Å². The molecule has 19 heavy (non-hydrogen) atoms. The summed E-state index contributed by atoms with van der Waals surface area (Å²) in [6.07, 6.45) is 9.06. The average molecular weight is 262 g/mol. The van der Waals surface area contributed by atoms with Gasteiger partial charge in [0, 0.05) is 0 Å². The maximum absolute atomic E-state index is 9.86. The molecular formula is C17H26O2. The monoisotopic (exact) mass is 262 g/mol. The third-order valence-electron chi connectivity index (χ3n) is 3.54. The highest BCUT2D eigenvalue weighted by atomic mass is 16.5. The molecule has 0 heterocycles. The molecule has 106 valence electrons. The van der Waals surface area contributed by atoms with Crippen molar-refractivity contribution in [2.45, 2.75) is 51.6 Å². The SMILES string of the molecule is CCC(C)(O)CCC=CCCc1ccc(OC)cc1. The van der Waals surface area contributed by atoms with E-state index in [1.165, 1.54) is 5.56 Å². The van der Waals surface area contributed by atoms with Crippen molar-refractivity contribution >= 4 is 0 Å². The first-order chi connectivity index (χ1) is 9.07. The van der Waals surface area contributed by atoms with E-state index in [-0.39, 0.29) is 0 Å². The van der Waals surface area contributed by atoms with Crippen LogP contribution in [-0.2, 0) is 6.42 Å². The maximum atomic E-state index is 9.86. The second-order valence-corrected chi connectivity index (χ2v) is 5.25. The molecule has 1 aromatic carbocycles. The van der Waals surface area contributed by atoms with Gasteiger partial charge in [-0.05, 0) is 56.7 Å². The van der Waals surface area contributed by atoms with E-state index in [0.29, 0.717) is 0 Å². The van der Waals surface area contributed by atoms with Crippen LogP contribution in [0.15, 0.2) is 36.4 Å². The molecule has 0 aliphatic carbocycles. The third kappa shape index (κ3) is 6.44. The first-order valence-electron chi connectivity index (χ1n) is 7.07. The Balaban J connectivity index is 2.22. The van der Waals surface area contributed by atoms with Crippen LogP contribution >= 0.6 is 0 Å². The molecule has 0 saturated carbocycles. The molecule has 1 atom stereocenters. The van der Waals surface area contributed by atoms with Crippen LogP contribution in [0.2, 0.25) is 0 Å². The number of allylic oxidation sites excluding steroid dienone is 2. The Hall–Kier alpha value is -1.28. The normalized spacial score (nSPS) is 14.5. The number of hydrogen-bond donors (Lipinski definition) is 1. The number of aliphatic hydroxyl groups is 1. The largest absolute Gasteiger partial charge is 0.497 e. The molecule has 0 fully saturated rings. The Kier molecular flexibility index (Phi) is 6.65. The second kappa shape index (κ2) is 8.00. The Labute approximate surface area is 117 Å². The van der Waals surface area contributed by atoms with Gasteiger partial charge in [-0.2, -0.15) is 0 Å². The molecule has 0 amide bonds. The summed E-state index contributed by atoms with van der Waals surface area (Å²) in [5.41, 5.74) is 0.811. The summed E-state index contributed by atoms with van der Waals surface area (Å²) < 4.78 is 5.13. The summed E-state index contributed by atoms with van der Waals surface area (Å²) in [6, 6.07) is 8.21. The lowest BCUT2D eigenvalue weighted by Gasteiger charge is -2.19. The highest BCUT2D eigenvalue weighted by molar-refractivity contribution is 5.27. The Morgan fingerprint density at radius 3 is 2.37 bits per heavy atom. The minimum absolute atomic E-state index is 0.514. The molecule has 0 aromatic heterocycles. The molecule has 0 bridgehead atoms. The van der Waals surface area contributed by atoms with Crippen molar-refractivity contribution in [3.8, 4) is 5.75 Å². The maximum Gasteiger partial charge on any atom is 0.118 e. The van der Waals surface area contributed by atoms with Crippen molar-refractivity contribution in [2.24, 2.45) is 0 Å². The van der Waals surface area contributed by atoms with Crippen LogP contribution in [0.3, 0.4) is 0 Å². The third-order valence-corrected chi connectivity index (χ3v) is 3.54. The number of aryl methyl sites for hydroxylation is 1. The number of hydrogen-bond acceptors (Lipinski definition) is 2. The predicted molar refractivity (Wildman–Crippen MR) is 80.6 cm³/mol. The smallest absolute Gasteiger partial charge is 0.118 e. The van der Waals surface area contributed by atoms with Crippen LogP contribution in [0.4, 0.5) is 0 Å². The van der Waals surface area contributed by atoms with E-state index in [1.54, 1.807) is 7.11 Å². The Morgan fingerprint density at radius 1 is 1.16 bits per heavy atom. The molecule has 0 radical (unpaired) electrons. The molecule has 1 N–H and O–H groups in total. The van der Waals surface area contributed by atoms with Gasteiger partial charge in [-0.1, -0.05) is 31.2 Å². The number of benzene rings is 1. The van der Waals surface area contributed by atoms with E-state index in [4.69, 9.17) is 4.74 Å². The zero-order chi connectivity index (χ0) is 14.1. The van der Waals surface area contributed by atoms with Crippen molar-refractivity contribution < 1.29 is 9.84 Å². The molecular weight excluding hydrogens is 236 g/mol. The van der Waals surface area contributed by atoms with Crippen LogP contribution in [0, 0.1) is 0 Å². The van der Waals surface area contributed by atoms with E-state index in [2.05, 4.69) is 24.3 Å². The summed E-state index contributed by atoms with van der Waals surface area (Å²) in [7, 11) is 1.68. The van der Waals surface area contributed by atoms with Gasteiger partial charge >= 0.3 is 0 Å². The fourth-order valence-electron chi connectivity index (χ4n) is 1.85. The summed E-state index contributed by atoms with van der Waals surface area (Å²) in [4.78, 5) is 0. The summed E-state index contributed by atoms with van der Waals surface area (Å²) in [6.45, 7) is 3.92. The van der Waals surface area contributed by atoms with Gasteiger partial charge < -0.3 is 9.84 Å². The highest BCUT2D eigenvalue weighted by Crippen LogP contribution is 2.16. The molecule has 0 spiro atoms.